The zero-order valence-electron chi connectivity index (χ0n) is 15.6. The predicted molar refractivity (Wildman–Crippen MR) is 109 cm³/mol. The van der Waals surface area contributed by atoms with Crippen molar-refractivity contribution in [3.8, 4) is 17.4 Å². The van der Waals surface area contributed by atoms with E-state index in [9.17, 15) is 10.1 Å². The van der Waals surface area contributed by atoms with Gasteiger partial charge in [0.25, 0.3) is 0 Å². The summed E-state index contributed by atoms with van der Waals surface area (Å²) in [6, 6.07) is 17.0. The minimum absolute atomic E-state index is 0.114. The molecule has 7 heteroatoms. The van der Waals surface area contributed by atoms with Gasteiger partial charge in [0.1, 0.15) is 6.07 Å². The van der Waals surface area contributed by atoms with E-state index in [1.807, 2.05) is 53.2 Å². The van der Waals surface area contributed by atoms with Gasteiger partial charge in [0.05, 0.1) is 12.2 Å². The maximum absolute atomic E-state index is 11.8. The van der Waals surface area contributed by atoms with Gasteiger partial charge in [-0.3, -0.25) is 0 Å². The van der Waals surface area contributed by atoms with Crippen LogP contribution in [0, 0.1) is 11.3 Å². The highest BCUT2D eigenvalue weighted by molar-refractivity contribution is 6.30. The summed E-state index contributed by atoms with van der Waals surface area (Å²) in [4.78, 5) is 11.8. The molecule has 0 bridgehead atoms. The average molecular weight is 406 g/mol. The third-order valence-corrected chi connectivity index (χ3v) is 4.80. The highest BCUT2D eigenvalue weighted by Crippen LogP contribution is 2.29. The summed E-state index contributed by atoms with van der Waals surface area (Å²) in [6.07, 6.45) is 1.83. The number of ether oxygens (including phenoxy) is 1. The van der Waals surface area contributed by atoms with Gasteiger partial charge in [-0.2, -0.15) is 5.26 Å². The minimum atomic E-state index is -0.532. The molecule has 2 heterocycles. The van der Waals surface area contributed by atoms with Crippen molar-refractivity contribution in [2.75, 3.05) is 6.61 Å². The van der Waals surface area contributed by atoms with Gasteiger partial charge in [-0.15, -0.1) is 0 Å². The number of carbonyl (C=O) groups is 1. The van der Waals surface area contributed by atoms with E-state index in [-0.39, 0.29) is 12.3 Å². The molecule has 0 aliphatic carbocycles. The van der Waals surface area contributed by atoms with Crippen molar-refractivity contribution in [1.82, 2.24) is 9.72 Å². The molecule has 2 aromatic carbocycles. The first-order valence-corrected chi connectivity index (χ1v) is 9.38. The molecule has 6 nitrogen and oxygen atoms in total. The maximum atomic E-state index is 11.8. The molecule has 0 amide bonds. The predicted octanol–water partition coefficient (Wildman–Crippen LogP) is 5.05. The Balaban J connectivity index is 1.70. The second-order valence-electron chi connectivity index (χ2n) is 6.44. The topological polar surface area (TPSA) is 81.0 Å². The highest BCUT2D eigenvalue weighted by atomic mass is 35.5. The van der Waals surface area contributed by atoms with E-state index in [0.717, 1.165) is 22.0 Å². The van der Waals surface area contributed by atoms with Crippen LogP contribution < -0.4 is 0 Å². The zero-order chi connectivity index (χ0) is 20.4. The first-order valence-electron chi connectivity index (χ1n) is 9.00. The molecule has 0 unspecified atom stereocenters. The number of nitrogens with zero attached hydrogens (tertiary/aromatic N) is 3. The molecular formula is C22H16ClN3O3. The Morgan fingerprint density at radius 3 is 2.76 bits per heavy atom. The van der Waals surface area contributed by atoms with E-state index in [1.165, 1.54) is 6.07 Å². The smallest absolute Gasteiger partial charge is 0.360 e. The van der Waals surface area contributed by atoms with Gasteiger partial charge < -0.3 is 13.8 Å². The summed E-state index contributed by atoms with van der Waals surface area (Å²) in [7, 11) is 0. The number of rotatable bonds is 5. The number of esters is 1. The molecule has 0 spiro atoms. The minimum Gasteiger partial charge on any atom is -0.461 e. The van der Waals surface area contributed by atoms with Gasteiger partial charge in [0.15, 0.2) is 11.5 Å². The molecule has 0 saturated carbocycles. The zero-order valence-corrected chi connectivity index (χ0v) is 16.3. The molecular weight excluding hydrogens is 390 g/mol. The van der Waals surface area contributed by atoms with Crippen LogP contribution in [-0.2, 0) is 11.3 Å². The fourth-order valence-corrected chi connectivity index (χ4v) is 3.30. The second-order valence-corrected chi connectivity index (χ2v) is 6.87. The highest BCUT2D eigenvalue weighted by Gasteiger charge is 2.16. The van der Waals surface area contributed by atoms with E-state index in [1.54, 1.807) is 6.92 Å². The van der Waals surface area contributed by atoms with Crippen molar-refractivity contribution in [2.45, 2.75) is 13.5 Å². The standard InChI is InChI=1S/C22H16ClN3O3/c1-2-28-22(27)19-10-21(29-25-19)15-5-8-20-18(9-15)16(11-24)13-26(20)12-14-3-6-17(23)7-4-14/h3-10,13H,2,12H2,1H3. The number of fused-ring (bicyclic) bond motifs is 1. The van der Waals surface area contributed by atoms with E-state index in [0.29, 0.717) is 22.9 Å². The van der Waals surface area contributed by atoms with Crippen LogP contribution >= 0.6 is 11.6 Å². The summed E-state index contributed by atoms with van der Waals surface area (Å²) < 4.78 is 12.3. The van der Waals surface area contributed by atoms with Gasteiger partial charge in [0, 0.05) is 40.3 Å². The number of carbonyl (C=O) groups excluding carboxylic acids is 1. The lowest BCUT2D eigenvalue weighted by atomic mass is 10.1. The molecule has 0 N–H and O–H groups in total. The Labute approximate surface area is 171 Å². The van der Waals surface area contributed by atoms with Crippen LogP contribution in [0.5, 0.6) is 0 Å². The van der Waals surface area contributed by atoms with E-state index >= 15 is 0 Å². The Kier molecular flexibility index (Phi) is 5.07. The molecule has 4 rings (SSSR count). The van der Waals surface area contributed by atoms with E-state index < -0.39 is 5.97 Å². The summed E-state index contributed by atoms with van der Waals surface area (Å²) in [5.74, 6) is -0.0975. The van der Waals surface area contributed by atoms with Crippen LogP contribution in [-0.4, -0.2) is 22.3 Å². The Bertz CT molecular complexity index is 1230. The number of benzene rings is 2. The van der Waals surface area contributed by atoms with Gasteiger partial charge in [-0.1, -0.05) is 28.9 Å². The average Bonchev–Trinajstić information content (AvgIpc) is 3.35. The number of hydrogen-bond donors (Lipinski definition) is 0. The van der Waals surface area contributed by atoms with Crippen molar-refractivity contribution < 1.29 is 14.1 Å². The van der Waals surface area contributed by atoms with Crippen LogP contribution in [0.25, 0.3) is 22.2 Å². The van der Waals surface area contributed by atoms with Gasteiger partial charge >= 0.3 is 5.97 Å². The third kappa shape index (κ3) is 3.73. The van der Waals surface area contributed by atoms with Gasteiger partial charge in [0.2, 0.25) is 0 Å². The van der Waals surface area contributed by atoms with Crippen molar-refractivity contribution in [3.63, 3.8) is 0 Å². The molecule has 0 atom stereocenters. The summed E-state index contributed by atoms with van der Waals surface area (Å²) in [5.41, 5.74) is 3.39. The lowest BCUT2D eigenvalue weighted by molar-refractivity contribution is 0.0514. The number of halogens is 1. The molecule has 0 radical (unpaired) electrons. The van der Waals surface area contributed by atoms with Gasteiger partial charge in [-0.25, -0.2) is 4.79 Å². The van der Waals surface area contributed by atoms with Crippen LogP contribution in [0.2, 0.25) is 5.02 Å². The monoisotopic (exact) mass is 405 g/mol. The quantitative estimate of drug-likeness (QED) is 0.434. The molecule has 0 fully saturated rings. The fourth-order valence-electron chi connectivity index (χ4n) is 3.17. The SMILES string of the molecule is CCOC(=O)c1cc(-c2ccc3c(c2)c(C#N)cn3Cc2ccc(Cl)cc2)on1. The molecule has 144 valence electrons. The molecule has 4 aromatic rings. The first kappa shape index (κ1) is 18.8. The Morgan fingerprint density at radius 2 is 2.03 bits per heavy atom. The number of aromatic nitrogens is 2. The number of nitriles is 1. The summed E-state index contributed by atoms with van der Waals surface area (Å²) in [5, 5.41) is 14.8. The van der Waals surface area contributed by atoms with Crippen LogP contribution in [0.3, 0.4) is 0 Å². The molecule has 2 aromatic heterocycles. The van der Waals surface area contributed by atoms with Crippen LogP contribution in [0.1, 0.15) is 28.5 Å². The summed E-state index contributed by atoms with van der Waals surface area (Å²) in [6.45, 7) is 2.61. The lowest BCUT2D eigenvalue weighted by Gasteiger charge is -2.06. The molecule has 0 aliphatic rings. The third-order valence-electron chi connectivity index (χ3n) is 4.55. The largest absolute Gasteiger partial charge is 0.461 e. The van der Waals surface area contributed by atoms with Crippen molar-refractivity contribution in [1.29, 1.82) is 5.26 Å². The Hall–Kier alpha value is -3.56. The molecule has 0 aliphatic heterocycles. The van der Waals surface area contributed by atoms with Crippen LogP contribution in [0.4, 0.5) is 0 Å². The van der Waals surface area contributed by atoms with Gasteiger partial charge in [-0.05, 0) is 42.8 Å². The molecule has 0 saturated heterocycles. The fraction of sp³-hybridized carbons (Fsp3) is 0.136. The van der Waals surface area contributed by atoms with Crippen molar-refractivity contribution >= 4 is 28.5 Å². The number of hydrogen-bond acceptors (Lipinski definition) is 5. The Morgan fingerprint density at radius 1 is 1.24 bits per heavy atom. The lowest BCUT2D eigenvalue weighted by Crippen LogP contribution is -2.04. The van der Waals surface area contributed by atoms with E-state index in [2.05, 4.69) is 11.2 Å². The normalized spacial score (nSPS) is 10.8. The summed E-state index contributed by atoms with van der Waals surface area (Å²) >= 11 is 5.96. The molecule has 29 heavy (non-hydrogen) atoms. The van der Waals surface area contributed by atoms with Crippen molar-refractivity contribution in [2.24, 2.45) is 0 Å². The van der Waals surface area contributed by atoms with E-state index in [4.69, 9.17) is 20.9 Å². The second kappa shape index (κ2) is 7.82. The first-order chi connectivity index (χ1) is 14.1. The maximum Gasteiger partial charge on any atom is 0.360 e. The van der Waals surface area contributed by atoms with Crippen LogP contribution in [0.15, 0.2) is 59.3 Å². The van der Waals surface area contributed by atoms with Crippen molar-refractivity contribution in [3.05, 3.63) is 76.6 Å².